The smallest absolute Gasteiger partial charge is 0.223 e. The summed E-state index contributed by atoms with van der Waals surface area (Å²) >= 11 is 0. The van der Waals surface area contributed by atoms with Crippen LogP contribution in [0.4, 0.5) is 0 Å². The Kier molecular flexibility index (Phi) is 3.16. The van der Waals surface area contributed by atoms with Crippen molar-refractivity contribution in [2.24, 2.45) is 5.73 Å². The zero-order valence-electron chi connectivity index (χ0n) is 9.01. The number of nitrogens with two attached hydrogens (primary N) is 1. The molecule has 2 rings (SSSR count). The van der Waals surface area contributed by atoms with Crippen molar-refractivity contribution >= 4 is 0 Å². The third-order valence-corrected chi connectivity index (χ3v) is 2.07. The second-order valence-corrected chi connectivity index (χ2v) is 3.37. The van der Waals surface area contributed by atoms with Crippen LogP contribution in [0, 0.1) is 6.92 Å². The molecule has 1 aromatic heterocycles. The third-order valence-electron chi connectivity index (χ3n) is 2.07. The van der Waals surface area contributed by atoms with Crippen LogP contribution in [-0.4, -0.2) is 10.1 Å². The molecule has 0 bridgehead atoms. The molecule has 0 saturated carbocycles. The second kappa shape index (κ2) is 4.76. The highest BCUT2D eigenvalue weighted by molar-refractivity contribution is 5.28. The minimum atomic E-state index is 0.297. The highest BCUT2D eigenvalue weighted by atomic mass is 16.5. The van der Waals surface area contributed by atoms with Gasteiger partial charge in [-0.2, -0.15) is 4.98 Å². The molecule has 0 atom stereocenters. The van der Waals surface area contributed by atoms with Crippen LogP contribution in [0.15, 0.2) is 28.8 Å². The van der Waals surface area contributed by atoms with Gasteiger partial charge in [0.25, 0.3) is 0 Å². The molecule has 2 N–H and O–H groups in total. The van der Waals surface area contributed by atoms with Crippen LogP contribution in [-0.2, 0) is 13.2 Å². The predicted molar refractivity (Wildman–Crippen MR) is 57.7 cm³/mol. The molecule has 0 saturated heterocycles. The van der Waals surface area contributed by atoms with Gasteiger partial charge in [-0.1, -0.05) is 17.3 Å². The number of aromatic nitrogens is 2. The predicted octanol–water partition coefficient (Wildman–Crippen LogP) is 1.42. The molecule has 5 heteroatoms. The zero-order valence-corrected chi connectivity index (χ0v) is 9.01. The molecular formula is C11H13N3O2. The average Bonchev–Trinajstić information content (AvgIpc) is 2.73. The second-order valence-electron chi connectivity index (χ2n) is 3.37. The summed E-state index contributed by atoms with van der Waals surface area (Å²) in [6, 6.07) is 7.61. The standard InChI is InChI=1S/C11H13N3O2/c1-8-13-11(14-16-8)7-15-10-4-2-3-9(5-10)6-12/h2-5H,6-7,12H2,1H3. The van der Waals surface area contributed by atoms with Gasteiger partial charge < -0.3 is 15.0 Å². The van der Waals surface area contributed by atoms with Crippen molar-refractivity contribution < 1.29 is 9.26 Å². The Morgan fingerprint density at radius 2 is 2.31 bits per heavy atom. The lowest BCUT2D eigenvalue weighted by atomic mass is 10.2. The minimum absolute atomic E-state index is 0.297. The summed E-state index contributed by atoms with van der Waals surface area (Å²) in [5.74, 6) is 1.83. The van der Waals surface area contributed by atoms with Crippen LogP contribution >= 0.6 is 0 Å². The van der Waals surface area contributed by atoms with Gasteiger partial charge in [0, 0.05) is 13.5 Å². The summed E-state index contributed by atoms with van der Waals surface area (Å²) in [4.78, 5) is 4.04. The summed E-state index contributed by atoms with van der Waals surface area (Å²) < 4.78 is 10.3. The van der Waals surface area contributed by atoms with Crippen molar-refractivity contribution in [2.45, 2.75) is 20.1 Å². The van der Waals surface area contributed by atoms with Gasteiger partial charge in [-0.25, -0.2) is 0 Å². The molecule has 1 aromatic carbocycles. The van der Waals surface area contributed by atoms with E-state index in [1.54, 1.807) is 6.92 Å². The lowest BCUT2D eigenvalue weighted by Gasteiger charge is -2.04. The maximum atomic E-state index is 5.53. The first-order valence-electron chi connectivity index (χ1n) is 4.99. The minimum Gasteiger partial charge on any atom is -0.485 e. The zero-order chi connectivity index (χ0) is 11.4. The first kappa shape index (κ1) is 10.6. The quantitative estimate of drug-likeness (QED) is 0.841. The Morgan fingerprint density at radius 3 is 3.00 bits per heavy atom. The normalized spacial score (nSPS) is 10.4. The van der Waals surface area contributed by atoms with Crippen molar-refractivity contribution in [3.8, 4) is 5.75 Å². The van der Waals surface area contributed by atoms with Crippen molar-refractivity contribution in [1.29, 1.82) is 0 Å². The van der Waals surface area contributed by atoms with E-state index in [0.717, 1.165) is 11.3 Å². The van der Waals surface area contributed by atoms with Crippen molar-refractivity contribution in [3.63, 3.8) is 0 Å². The molecule has 0 aliphatic rings. The Balaban J connectivity index is 1.99. The summed E-state index contributed by atoms with van der Waals surface area (Å²) in [5, 5.41) is 3.74. The number of benzene rings is 1. The van der Waals surface area contributed by atoms with Gasteiger partial charge in [-0.05, 0) is 17.7 Å². The van der Waals surface area contributed by atoms with E-state index in [1.807, 2.05) is 24.3 Å². The molecule has 0 aliphatic carbocycles. The SMILES string of the molecule is Cc1nc(COc2cccc(CN)c2)no1. The summed E-state index contributed by atoms with van der Waals surface area (Å²) in [7, 11) is 0. The Bertz CT molecular complexity index is 468. The van der Waals surface area contributed by atoms with Crippen LogP contribution in [0.3, 0.4) is 0 Å². The van der Waals surface area contributed by atoms with Gasteiger partial charge in [0.15, 0.2) is 6.61 Å². The number of aryl methyl sites for hydroxylation is 1. The van der Waals surface area contributed by atoms with Gasteiger partial charge >= 0.3 is 0 Å². The highest BCUT2D eigenvalue weighted by Gasteiger charge is 2.03. The Labute approximate surface area is 93.2 Å². The van der Waals surface area contributed by atoms with Crippen LogP contribution < -0.4 is 10.5 Å². The molecule has 0 fully saturated rings. The molecule has 0 aliphatic heterocycles. The van der Waals surface area contributed by atoms with Gasteiger partial charge in [-0.15, -0.1) is 0 Å². The van der Waals surface area contributed by atoms with Crippen molar-refractivity contribution in [2.75, 3.05) is 0 Å². The van der Waals surface area contributed by atoms with Crippen molar-refractivity contribution in [3.05, 3.63) is 41.5 Å². The molecule has 5 nitrogen and oxygen atoms in total. The van der Waals surface area contributed by atoms with Gasteiger partial charge in [-0.3, -0.25) is 0 Å². The molecule has 84 valence electrons. The van der Waals surface area contributed by atoms with Gasteiger partial charge in [0.1, 0.15) is 5.75 Å². The number of rotatable bonds is 4. The van der Waals surface area contributed by atoms with E-state index < -0.39 is 0 Å². The molecule has 2 aromatic rings. The Hall–Kier alpha value is -1.88. The monoisotopic (exact) mass is 219 g/mol. The van der Waals surface area contributed by atoms with Gasteiger partial charge in [0.2, 0.25) is 11.7 Å². The average molecular weight is 219 g/mol. The molecule has 16 heavy (non-hydrogen) atoms. The topological polar surface area (TPSA) is 74.2 Å². The van der Waals surface area contributed by atoms with E-state index in [9.17, 15) is 0 Å². The third kappa shape index (κ3) is 2.58. The van der Waals surface area contributed by atoms with E-state index in [2.05, 4.69) is 10.1 Å². The maximum absolute atomic E-state index is 5.53. The molecule has 0 spiro atoms. The van der Waals surface area contributed by atoms with E-state index >= 15 is 0 Å². The molecular weight excluding hydrogens is 206 g/mol. The first-order chi connectivity index (χ1) is 7.78. The molecule has 0 amide bonds. The van der Waals surface area contributed by atoms with Crippen LogP contribution in [0.1, 0.15) is 17.3 Å². The highest BCUT2D eigenvalue weighted by Crippen LogP contribution is 2.14. The number of hydrogen-bond donors (Lipinski definition) is 1. The first-order valence-corrected chi connectivity index (χ1v) is 4.99. The fourth-order valence-electron chi connectivity index (χ4n) is 1.31. The molecule has 0 unspecified atom stereocenters. The largest absolute Gasteiger partial charge is 0.485 e. The van der Waals surface area contributed by atoms with E-state index in [-0.39, 0.29) is 0 Å². The van der Waals surface area contributed by atoms with Crippen LogP contribution in [0.5, 0.6) is 5.75 Å². The van der Waals surface area contributed by atoms with Crippen molar-refractivity contribution in [1.82, 2.24) is 10.1 Å². The van der Waals surface area contributed by atoms with E-state index in [1.165, 1.54) is 0 Å². The van der Waals surface area contributed by atoms with E-state index in [4.69, 9.17) is 15.0 Å². The Morgan fingerprint density at radius 1 is 1.44 bits per heavy atom. The fourth-order valence-corrected chi connectivity index (χ4v) is 1.31. The molecule has 1 heterocycles. The summed E-state index contributed by atoms with van der Waals surface area (Å²) in [6.07, 6.45) is 0. The fraction of sp³-hybridized carbons (Fsp3) is 0.273. The lowest BCUT2D eigenvalue weighted by Crippen LogP contribution is -2.00. The summed E-state index contributed by atoms with van der Waals surface area (Å²) in [6.45, 7) is 2.54. The maximum Gasteiger partial charge on any atom is 0.223 e. The van der Waals surface area contributed by atoms with Crippen LogP contribution in [0.25, 0.3) is 0 Å². The van der Waals surface area contributed by atoms with Gasteiger partial charge in [0.05, 0.1) is 0 Å². The van der Waals surface area contributed by atoms with Crippen LogP contribution in [0.2, 0.25) is 0 Å². The number of ether oxygens (including phenoxy) is 1. The number of hydrogen-bond acceptors (Lipinski definition) is 5. The molecule has 0 radical (unpaired) electrons. The van der Waals surface area contributed by atoms with E-state index in [0.29, 0.717) is 24.9 Å². The summed E-state index contributed by atoms with van der Waals surface area (Å²) in [5.41, 5.74) is 6.56. The number of nitrogens with zero attached hydrogens (tertiary/aromatic N) is 2. The lowest BCUT2D eigenvalue weighted by molar-refractivity contribution is 0.285.